The number of likely N-dealkylation sites (tertiary alicyclic amines) is 1. The van der Waals surface area contributed by atoms with E-state index in [0.29, 0.717) is 12.0 Å². The number of benzene rings is 1. The van der Waals surface area contributed by atoms with Crippen molar-refractivity contribution in [3.8, 4) is 5.75 Å². The number of carbonyl (C=O) groups is 7. The van der Waals surface area contributed by atoms with Gasteiger partial charge in [0.15, 0.2) is 0 Å². The highest BCUT2D eigenvalue weighted by Crippen LogP contribution is 2.21. The first-order valence-corrected chi connectivity index (χ1v) is 14.1. The molecule has 1 heterocycles. The van der Waals surface area contributed by atoms with E-state index in [1.165, 1.54) is 24.0 Å². The molecule has 1 saturated heterocycles. The van der Waals surface area contributed by atoms with Crippen LogP contribution in [0.5, 0.6) is 5.75 Å². The lowest BCUT2D eigenvalue weighted by Gasteiger charge is -2.30. The summed E-state index contributed by atoms with van der Waals surface area (Å²) in [5.41, 5.74) is 11.9. The number of carboxylic acids is 1. The molecule has 0 saturated carbocycles. The summed E-state index contributed by atoms with van der Waals surface area (Å²) in [6.07, 6.45) is 0.0843. The van der Waals surface area contributed by atoms with E-state index >= 15 is 0 Å². The van der Waals surface area contributed by atoms with Gasteiger partial charge in [0.25, 0.3) is 0 Å². The molecule has 6 amide bonds. The largest absolute Gasteiger partial charge is 0.508 e. The zero-order chi connectivity index (χ0) is 33.1. The molecule has 10 N–H and O–H groups in total. The molecule has 0 aromatic heterocycles. The number of amides is 6. The molecule has 1 aromatic rings. The number of nitrogens with zero attached hydrogens (tertiary/aromatic N) is 1. The van der Waals surface area contributed by atoms with Crippen LogP contribution < -0.4 is 32.7 Å². The van der Waals surface area contributed by atoms with Gasteiger partial charge in [-0.15, -0.1) is 0 Å². The summed E-state index contributed by atoms with van der Waals surface area (Å²) in [6, 6.07) is 0.293. The van der Waals surface area contributed by atoms with Crippen LogP contribution in [0, 0.1) is 5.92 Å². The number of aliphatic carboxylic acids is 1. The molecule has 5 unspecified atom stereocenters. The van der Waals surface area contributed by atoms with Crippen LogP contribution in [-0.2, 0) is 40.0 Å². The molecule has 242 valence electrons. The van der Waals surface area contributed by atoms with E-state index in [-0.39, 0.29) is 31.1 Å². The topological polar surface area (TPSA) is 263 Å². The van der Waals surface area contributed by atoms with Crippen molar-refractivity contribution in [1.82, 2.24) is 26.2 Å². The Morgan fingerprint density at radius 1 is 0.955 bits per heavy atom. The molecule has 0 aliphatic carbocycles. The molecule has 1 fully saturated rings. The van der Waals surface area contributed by atoms with Gasteiger partial charge in [-0.2, -0.15) is 0 Å². The number of nitrogens with two attached hydrogens (primary N) is 2. The second-order valence-corrected chi connectivity index (χ2v) is 11.0. The molecule has 5 atom stereocenters. The lowest BCUT2D eigenvalue weighted by molar-refractivity contribution is -0.142. The van der Waals surface area contributed by atoms with Crippen LogP contribution in [0.3, 0.4) is 0 Å². The minimum atomic E-state index is -1.49. The van der Waals surface area contributed by atoms with Gasteiger partial charge in [-0.25, -0.2) is 0 Å². The summed E-state index contributed by atoms with van der Waals surface area (Å²) >= 11 is 0. The maximum Gasteiger partial charge on any atom is 0.325 e. The summed E-state index contributed by atoms with van der Waals surface area (Å²) in [6.45, 7) is 4.27. The summed E-state index contributed by atoms with van der Waals surface area (Å²) in [5, 5.41) is 28.0. The zero-order valence-corrected chi connectivity index (χ0v) is 24.9. The van der Waals surface area contributed by atoms with Crippen LogP contribution in [0.4, 0.5) is 0 Å². The minimum absolute atomic E-state index is 0.0174. The highest BCUT2D eigenvalue weighted by molar-refractivity contribution is 5.97. The minimum Gasteiger partial charge on any atom is -0.508 e. The number of carbonyl (C=O) groups excluding carboxylic acids is 6. The van der Waals surface area contributed by atoms with Gasteiger partial charge in [-0.05, 0) is 43.4 Å². The van der Waals surface area contributed by atoms with Crippen molar-refractivity contribution in [3.05, 3.63) is 29.8 Å². The second kappa shape index (κ2) is 16.2. The third-order valence-corrected chi connectivity index (χ3v) is 7.06. The molecule has 44 heavy (non-hydrogen) atoms. The van der Waals surface area contributed by atoms with E-state index < -0.39 is 84.6 Å². The van der Waals surface area contributed by atoms with Gasteiger partial charge in [0.1, 0.15) is 29.9 Å². The maximum absolute atomic E-state index is 13.8. The number of phenols is 1. The molecule has 16 nitrogen and oxygen atoms in total. The predicted molar refractivity (Wildman–Crippen MR) is 155 cm³/mol. The lowest BCUT2D eigenvalue weighted by atomic mass is 10.0. The molecule has 1 aliphatic rings. The maximum atomic E-state index is 13.8. The summed E-state index contributed by atoms with van der Waals surface area (Å²) in [5.74, 6) is -6.03. The SMILES string of the molecule is CC(NC(=O)CNC(=O)C(CC(N)=O)NC(=O)C1CCCN1C(=O)C(Cc1ccc(O)cc1)NC(=O)C(N)C(C)C)C(=O)O. The fourth-order valence-electron chi connectivity index (χ4n) is 4.46. The van der Waals surface area contributed by atoms with Gasteiger partial charge in [0.2, 0.25) is 35.4 Å². The highest BCUT2D eigenvalue weighted by atomic mass is 16.4. The third kappa shape index (κ3) is 10.5. The average molecular weight is 620 g/mol. The second-order valence-electron chi connectivity index (χ2n) is 11.0. The molecule has 2 rings (SSSR count). The van der Waals surface area contributed by atoms with Crippen molar-refractivity contribution in [1.29, 1.82) is 0 Å². The van der Waals surface area contributed by atoms with Crippen LogP contribution in [0.2, 0.25) is 0 Å². The summed E-state index contributed by atoms with van der Waals surface area (Å²) in [4.78, 5) is 88.5. The summed E-state index contributed by atoms with van der Waals surface area (Å²) < 4.78 is 0. The molecule has 0 radical (unpaired) electrons. The Hall–Kier alpha value is -4.73. The Labute approximate surface area is 254 Å². The Kier molecular flexibility index (Phi) is 13.1. The van der Waals surface area contributed by atoms with Gasteiger partial charge in [-0.3, -0.25) is 33.6 Å². The van der Waals surface area contributed by atoms with E-state index in [4.69, 9.17) is 16.6 Å². The average Bonchev–Trinajstić information content (AvgIpc) is 3.45. The number of primary amides is 1. The van der Waals surface area contributed by atoms with Crippen LogP contribution in [-0.4, -0.2) is 99.8 Å². The van der Waals surface area contributed by atoms with E-state index in [0.717, 1.165) is 0 Å². The van der Waals surface area contributed by atoms with E-state index in [1.807, 2.05) is 0 Å². The van der Waals surface area contributed by atoms with Crippen molar-refractivity contribution in [3.63, 3.8) is 0 Å². The van der Waals surface area contributed by atoms with Gasteiger partial charge >= 0.3 is 5.97 Å². The van der Waals surface area contributed by atoms with Gasteiger partial charge < -0.3 is 47.8 Å². The Balaban J connectivity index is 2.19. The monoisotopic (exact) mass is 619 g/mol. The lowest BCUT2D eigenvalue weighted by Crippen LogP contribution is -2.58. The molecule has 16 heteroatoms. The zero-order valence-electron chi connectivity index (χ0n) is 24.9. The standard InChI is InChI=1S/C28H41N7O9/c1-14(2)23(30)26(41)34-19(11-16-6-8-17(36)9-7-16)27(42)35-10-4-5-20(35)25(40)33-18(12-21(29)37)24(39)31-13-22(38)32-15(3)28(43)44/h6-9,14-15,18-20,23,36H,4-5,10-13,30H2,1-3H3,(H2,29,37)(H,31,39)(H,32,38)(H,33,40)(H,34,41)(H,43,44). The van der Waals surface area contributed by atoms with Crippen LogP contribution in [0.15, 0.2) is 24.3 Å². The number of rotatable bonds is 15. The first-order chi connectivity index (χ1) is 20.6. The molecule has 0 bridgehead atoms. The number of phenolic OH excluding ortho intramolecular Hbond substituents is 1. The van der Waals surface area contributed by atoms with Crippen LogP contribution in [0.25, 0.3) is 0 Å². The molecule has 1 aliphatic heterocycles. The number of nitrogens with one attached hydrogen (secondary N) is 4. The van der Waals surface area contributed by atoms with Crippen molar-refractivity contribution in [2.75, 3.05) is 13.1 Å². The Bertz CT molecular complexity index is 1240. The fraction of sp³-hybridized carbons (Fsp3) is 0.536. The number of aromatic hydroxyl groups is 1. The first-order valence-electron chi connectivity index (χ1n) is 14.1. The van der Waals surface area contributed by atoms with Gasteiger partial charge in [0, 0.05) is 13.0 Å². The number of carboxylic acid groups (broad SMARTS) is 1. The molecular formula is C28H41N7O9. The Morgan fingerprint density at radius 2 is 1.59 bits per heavy atom. The Morgan fingerprint density at radius 3 is 2.16 bits per heavy atom. The smallest absolute Gasteiger partial charge is 0.325 e. The molecular weight excluding hydrogens is 578 g/mol. The highest BCUT2D eigenvalue weighted by Gasteiger charge is 2.39. The van der Waals surface area contributed by atoms with Crippen molar-refractivity contribution >= 4 is 41.4 Å². The predicted octanol–water partition coefficient (Wildman–Crippen LogP) is -2.54. The van der Waals surface area contributed by atoms with Crippen molar-refractivity contribution in [2.45, 2.75) is 76.7 Å². The van der Waals surface area contributed by atoms with Gasteiger partial charge in [0.05, 0.1) is 19.0 Å². The van der Waals surface area contributed by atoms with Crippen molar-refractivity contribution in [2.24, 2.45) is 17.4 Å². The van der Waals surface area contributed by atoms with Crippen LogP contribution in [0.1, 0.15) is 45.6 Å². The molecule has 0 spiro atoms. The third-order valence-electron chi connectivity index (χ3n) is 7.06. The van der Waals surface area contributed by atoms with E-state index in [9.17, 15) is 38.7 Å². The number of hydrogen-bond acceptors (Lipinski definition) is 9. The van der Waals surface area contributed by atoms with E-state index in [2.05, 4.69) is 21.3 Å². The van der Waals surface area contributed by atoms with E-state index in [1.54, 1.807) is 26.0 Å². The van der Waals surface area contributed by atoms with Crippen LogP contribution >= 0.6 is 0 Å². The quantitative estimate of drug-likeness (QED) is 0.102. The van der Waals surface area contributed by atoms with Gasteiger partial charge in [-0.1, -0.05) is 26.0 Å². The normalized spacial score (nSPS) is 17.1. The fourth-order valence-corrected chi connectivity index (χ4v) is 4.46. The summed E-state index contributed by atoms with van der Waals surface area (Å²) in [7, 11) is 0. The molecule has 1 aromatic carbocycles. The first kappa shape index (κ1) is 35.5. The van der Waals surface area contributed by atoms with Crippen molar-refractivity contribution < 1.29 is 43.8 Å². The number of hydrogen-bond donors (Lipinski definition) is 8.